The number of hydrogen-bond acceptors (Lipinski definition) is 3. The molecule has 0 saturated carbocycles. The van der Waals surface area contributed by atoms with Crippen LogP contribution in [0.3, 0.4) is 0 Å². The molecular formula is C22H18F3N3O4. The molecule has 2 aliphatic heterocycles. The van der Waals surface area contributed by atoms with Gasteiger partial charge in [0, 0.05) is 31.3 Å². The third-order valence-electron chi connectivity index (χ3n) is 5.43. The maximum absolute atomic E-state index is 14.6. The number of carboxylic acid groups (broad SMARTS) is 1. The van der Waals surface area contributed by atoms with Gasteiger partial charge >= 0.3 is 6.09 Å². The number of benzene rings is 2. The fourth-order valence-corrected chi connectivity index (χ4v) is 3.89. The van der Waals surface area contributed by atoms with Gasteiger partial charge in [-0.15, -0.1) is 0 Å². The first-order valence-corrected chi connectivity index (χ1v) is 9.81. The highest BCUT2D eigenvalue weighted by Gasteiger charge is 2.46. The molecule has 0 aromatic heterocycles. The molecule has 166 valence electrons. The number of halogens is 3. The molecular weight excluding hydrogens is 427 g/mol. The summed E-state index contributed by atoms with van der Waals surface area (Å²) < 4.78 is 42.1. The summed E-state index contributed by atoms with van der Waals surface area (Å²) in [5, 5.41) is 9.58. The van der Waals surface area contributed by atoms with Crippen LogP contribution in [0, 0.1) is 17.5 Å². The van der Waals surface area contributed by atoms with Crippen LogP contribution >= 0.6 is 0 Å². The summed E-state index contributed by atoms with van der Waals surface area (Å²) in [7, 11) is 0. The molecule has 1 atom stereocenters. The number of fused-ring (bicyclic) bond motifs is 1. The first-order chi connectivity index (χ1) is 15.3. The van der Waals surface area contributed by atoms with Crippen molar-refractivity contribution in [2.45, 2.75) is 18.9 Å². The molecule has 32 heavy (non-hydrogen) atoms. The Morgan fingerprint density at radius 1 is 1.09 bits per heavy atom. The summed E-state index contributed by atoms with van der Waals surface area (Å²) >= 11 is 0. The lowest BCUT2D eigenvalue weighted by Gasteiger charge is -2.45. The van der Waals surface area contributed by atoms with Gasteiger partial charge in [-0.05, 0) is 30.2 Å². The Morgan fingerprint density at radius 3 is 2.56 bits per heavy atom. The number of carbonyl (C=O) groups excluding carboxylic acids is 2. The van der Waals surface area contributed by atoms with Crippen LogP contribution in [0.25, 0.3) is 0 Å². The van der Waals surface area contributed by atoms with Crippen molar-refractivity contribution in [2.75, 3.05) is 13.1 Å². The van der Waals surface area contributed by atoms with Crippen LogP contribution in [0.4, 0.5) is 18.0 Å². The predicted molar refractivity (Wildman–Crippen MR) is 105 cm³/mol. The van der Waals surface area contributed by atoms with Gasteiger partial charge in [0.05, 0.1) is 0 Å². The van der Waals surface area contributed by atoms with Crippen molar-refractivity contribution in [3.8, 4) is 0 Å². The van der Waals surface area contributed by atoms with Gasteiger partial charge in [-0.2, -0.15) is 0 Å². The first kappa shape index (κ1) is 21.4. The second kappa shape index (κ2) is 8.37. The Balaban J connectivity index is 1.77. The zero-order valence-corrected chi connectivity index (χ0v) is 16.7. The molecule has 2 heterocycles. The predicted octanol–water partition coefficient (Wildman–Crippen LogP) is 3.24. The van der Waals surface area contributed by atoms with Gasteiger partial charge in [-0.25, -0.2) is 18.0 Å². The molecule has 2 aromatic carbocycles. The van der Waals surface area contributed by atoms with Crippen LogP contribution < -0.4 is 0 Å². The molecule has 1 fully saturated rings. The van der Waals surface area contributed by atoms with E-state index in [0.717, 1.165) is 20.8 Å². The summed E-state index contributed by atoms with van der Waals surface area (Å²) in [5.41, 5.74) is 0.207. The van der Waals surface area contributed by atoms with Crippen molar-refractivity contribution in [1.29, 1.82) is 0 Å². The lowest BCUT2D eigenvalue weighted by Crippen LogP contribution is -2.56. The highest BCUT2D eigenvalue weighted by atomic mass is 19.2. The van der Waals surface area contributed by atoms with Crippen LogP contribution in [-0.4, -0.2) is 50.8 Å². The van der Waals surface area contributed by atoms with E-state index in [1.165, 1.54) is 36.5 Å². The summed E-state index contributed by atoms with van der Waals surface area (Å²) in [6, 6.07) is 7.44. The van der Waals surface area contributed by atoms with Gasteiger partial charge in [0.15, 0.2) is 11.6 Å². The van der Waals surface area contributed by atoms with Gasteiger partial charge in [-0.3, -0.25) is 19.4 Å². The molecule has 1 saturated heterocycles. The zero-order chi connectivity index (χ0) is 23.0. The second-order valence-corrected chi connectivity index (χ2v) is 7.39. The molecule has 1 N–H and O–H groups in total. The Labute approximate surface area is 180 Å². The van der Waals surface area contributed by atoms with Crippen LogP contribution in [0.15, 0.2) is 54.5 Å². The quantitative estimate of drug-likeness (QED) is 0.784. The van der Waals surface area contributed by atoms with E-state index < -0.39 is 41.4 Å². The Bertz CT molecular complexity index is 1140. The highest BCUT2D eigenvalue weighted by Crippen LogP contribution is 2.37. The Morgan fingerprint density at radius 2 is 1.84 bits per heavy atom. The van der Waals surface area contributed by atoms with E-state index in [0.29, 0.717) is 5.56 Å². The lowest BCUT2D eigenvalue weighted by atomic mass is 9.99. The van der Waals surface area contributed by atoms with E-state index >= 15 is 0 Å². The van der Waals surface area contributed by atoms with Crippen molar-refractivity contribution in [2.24, 2.45) is 0 Å². The van der Waals surface area contributed by atoms with E-state index in [1.54, 1.807) is 6.07 Å². The number of rotatable bonds is 4. The minimum atomic E-state index is -1.58. The minimum absolute atomic E-state index is 0.00864. The van der Waals surface area contributed by atoms with Gasteiger partial charge < -0.3 is 10.0 Å². The van der Waals surface area contributed by atoms with Crippen molar-refractivity contribution in [1.82, 2.24) is 14.7 Å². The summed E-state index contributed by atoms with van der Waals surface area (Å²) in [6.45, 7) is -0.129. The van der Waals surface area contributed by atoms with Gasteiger partial charge in [0.2, 0.25) is 5.91 Å². The second-order valence-electron chi connectivity index (χ2n) is 7.39. The lowest BCUT2D eigenvalue weighted by molar-refractivity contribution is -0.148. The van der Waals surface area contributed by atoms with E-state index in [1.807, 2.05) is 0 Å². The summed E-state index contributed by atoms with van der Waals surface area (Å²) in [5.74, 6) is -4.38. The number of carbonyl (C=O) groups is 3. The van der Waals surface area contributed by atoms with E-state index in [4.69, 9.17) is 0 Å². The fraction of sp³-hybridized carbons (Fsp3) is 0.227. The molecule has 3 amide bonds. The Kier molecular flexibility index (Phi) is 5.60. The molecule has 10 heteroatoms. The van der Waals surface area contributed by atoms with Crippen LogP contribution in [-0.2, 0) is 16.0 Å². The first-order valence-electron chi connectivity index (χ1n) is 9.81. The highest BCUT2D eigenvalue weighted by molar-refractivity contribution is 5.93. The van der Waals surface area contributed by atoms with Crippen LogP contribution in [0.2, 0.25) is 0 Å². The third kappa shape index (κ3) is 3.79. The number of amides is 3. The largest absolute Gasteiger partial charge is 0.465 e. The molecule has 0 aliphatic carbocycles. The average molecular weight is 445 g/mol. The molecule has 0 radical (unpaired) electrons. The molecule has 2 aromatic rings. The number of nitrogens with zero attached hydrogens (tertiary/aromatic N) is 3. The topological polar surface area (TPSA) is 81.2 Å². The molecule has 0 spiro atoms. The number of hydrogen-bond donors (Lipinski definition) is 1. The molecule has 4 rings (SSSR count). The van der Waals surface area contributed by atoms with Gasteiger partial charge in [-0.1, -0.05) is 24.3 Å². The molecule has 0 unspecified atom stereocenters. The third-order valence-corrected chi connectivity index (χ3v) is 5.43. The maximum Gasteiger partial charge on any atom is 0.413 e. The van der Waals surface area contributed by atoms with Crippen molar-refractivity contribution in [3.05, 3.63) is 83.1 Å². The van der Waals surface area contributed by atoms with Gasteiger partial charge in [0.1, 0.15) is 17.7 Å². The SMILES string of the molecule is O=C1[C@H](c2cccc(F)c2F)N2C(=O)CCN(C(=O)O)C2=CN1CCc1cccc(F)c1. The van der Waals surface area contributed by atoms with Crippen molar-refractivity contribution >= 4 is 17.9 Å². The van der Waals surface area contributed by atoms with Crippen LogP contribution in [0.5, 0.6) is 0 Å². The standard InChI is InChI=1S/C22H18F3N3O4/c23-14-4-1-3-13(11-14)7-9-26-12-17-27(22(31)32)10-8-18(29)28(17)20(21(26)30)15-5-2-6-16(24)19(15)25/h1-6,11-12,20H,7-10H2,(H,31,32)/t20-/m0/s1. The fourth-order valence-electron chi connectivity index (χ4n) is 3.89. The smallest absolute Gasteiger partial charge is 0.413 e. The van der Waals surface area contributed by atoms with Gasteiger partial charge in [0.25, 0.3) is 5.91 Å². The normalized spacial score (nSPS) is 18.5. The average Bonchev–Trinajstić information content (AvgIpc) is 2.75. The summed E-state index contributed by atoms with van der Waals surface area (Å²) in [4.78, 5) is 40.7. The minimum Gasteiger partial charge on any atom is -0.465 e. The summed E-state index contributed by atoms with van der Waals surface area (Å²) in [6.07, 6.45) is -0.146. The van der Waals surface area contributed by atoms with E-state index in [9.17, 15) is 32.7 Å². The molecule has 2 aliphatic rings. The van der Waals surface area contributed by atoms with Crippen molar-refractivity contribution in [3.63, 3.8) is 0 Å². The van der Waals surface area contributed by atoms with Crippen LogP contribution in [0.1, 0.15) is 23.6 Å². The van der Waals surface area contributed by atoms with E-state index in [2.05, 4.69) is 0 Å². The maximum atomic E-state index is 14.6. The Hall–Kier alpha value is -3.82. The van der Waals surface area contributed by atoms with E-state index in [-0.39, 0.29) is 37.3 Å². The monoisotopic (exact) mass is 445 g/mol. The van der Waals surface area contributed by atoms with Crippen molar-refractivity contribution < 1.29 is 32.7 Å². The zero-order valence-electron chi connectivity index (χ0n) is 16.7. The molecule has 0 bridgehead atoms. The molecule has 7 nitrogen and oxygen atoms in total.